The number of anilines is 1. The van der Waals surface area contributed by atoms with Crippen molar-refractivity contribution in [2.24, 2.45) is 0 Å². The molecule has 1 heterocycles. The standard InChI is InChI=1S/C25H21FN2O3/c1-31-25(30)18-8-12-21(13-9-18)27-24(29)14-19-16-28(23-5-3-2-4-22(19)23)15-17-6-10-20(26)11-7-17/h2-13,16H,14-15H2,1H3,(H,27,29). The van der Waals surface area contributed by atoms with Crippen molar-refractivity contribution in [1.29, 1.82) is 0 Å². The van der Waals surface area contributed by atoms with Crippen LogP contribution in [0.15, 0.2) is 79.0 Å². The Morgan fingerprint density at radius 2 is 1.68 bits per heavy atom. The lowest BCUT2D eigenvalue weighted by atomic mass is 10.1. The monoisotopic (exact) mass is 416 g/mol. The van der Waals surface area contributed by atoms with Gasteiger partial charge in [0.05, 0.1) is 19.1 Å². The molecule has 1 aromatic heterocycles. The predicted molar refractivity (Wildman–Crippen MR) is 118 cm³/mol. The molecule has 0 saturated heterocycles. The summed E-state index contributed by atoms with van der Waals surface area (Å²) in [6.07, 6.45) is 2.17. The minimum absolute atomic E-state index is 0.157. The Kier molecular flexibility index (Phi) is 5.80. The lowest BCUT2D eigenvalue weighted by Crippen LogP contribution is -2.14. The molecule has 0 radical (unpaired) electrons. The first-order chi connectivity index (χ1) is 15.0. The first-order valence-electron chi connectivity index (χ1n) is 9.83. The second-order valence-corrected chi connectivity index (χ2v) is 7.22. The fourth-order valence-corrected chi connectivity index (χ4v) is 3.57. The van der Waals surface area contributed by atoms with Crippen molar-refractivity contribution in [3.63, 3.8) is 0 Å². The van der Waals surface area contributed by atoms with Crippen LogP contribution in [0.3, 0.4) is 0 Å². The number of hydrogen-bond donors (Lipinski definition) is 1. The average molecular weight is 416 g/mol. The second kappa shape index (κ2) is 8.83. The molecule has 0 unspecified atom stereocenters. The summed E-state index contributed by atoms with van der Waals surface area (Å²) in [4.78, 5) is 24.2. The van der Waals surface area contributed by atoms with Crippen molar-refractivity contribution in [1.82, 2.24) is 4.57 Å². The van der Waals surface area contributed by atoms with Gasteiger partial charge < -0.3 is 14.6 Å². The van der Waals surface area contributed by atoms with E-state index in [4.69, 9.17) is 0 Å². The van der Waals surface area contributed by atoms with E-state index in [1.807, 2.05) is 30.5 Å². The lowest BCUT2D eigenvalue weighted by molar-refractivity contribution is -0.115. The van der Waals surface area contributed by atoms with E-state index in [9.17, 15) is 14.0 Å². The number of benzene rings is 3. The van der Waals surface area contributed by atoms with Gasteiger partial charge in [0, 0.05) is 29.3 Å². The molecule has 0 aliphatic rings. The van der Waals surface area contributed by atoms with Gasteiger partial charge in [0.2, 0.25) is 5.91 Å². The average Bonchev–Trinajstić information content (AvgIpc) is 3.12. The van der Waals surface area contributed by atoms with Crippen LogP contribution < -0.4 is 5.32 Å². The summed E-state index contributed by atoms with van der Waals surface area (Å²) < 4.78 is 20.0. The van der Waals surface area contributed by atoms with Gasteiger partial charge in [0.1, 0.15) is 5.82 Å². The maximum Gasteiger partial charge on any atom is 0.337 e. The summed E-state index contributed by atoms with van der Waals surface area (Å²) in [5.74, 6) is -0.847. The van der Waals surface area contributed by atoms with E-state index < -0.39 is 5.97 Å². The number of esters is 1. The first kappa shape index (κ1) is 20.3. The van der Waals surface area contributed by atoms with E-state index in [1.54, 1.807) is 36.4 Å². The normalized spacial score (nSPS) is 10.8. The van der Waals surface area contributed by atoms with Crippen LogP contribution in [0.1, 0.15) is 21.5 Å². The molecule has 31 heavy (non-hydrogen) atoms. The number of rotatable bonds is 6. The quantitative estimate of drug-likeness (QED) is 0.460. The number of carbonyl (C=O) groups is 2. The number of aromatic nitrogens is 1. The van der Waals surface area contributed by atoms with Crippen LogP contribution in [-0.2, 0) is 22.5 Å². The Labute approximate surface area is 179 Å². The number of fused-ring (bicyclic) bond motifs is 1. The van der Waals surface area contributed by atoms with Gasteiger partial charge in [-0.25, -0.2) is 9.18 Å². The largest absolute Gasteiger partial charge is 0.465 e. The van der Waals surface area contributed by atoms with Gasteiger partial charge >= 0.3 is 5.97 Å². The number of para-hydroxylation sites is 1. The summed E-state index contributed by atoms with van der Waals surface area (Å²) in [6.45, 7) is 0.581. The van der Waals surface area contributed by atoms with E-state index in [2.05, 4.69) is 14.6 Å². The zero-order valence-corrected chi connectivity index (χ0v) is 17.0. The Hall–Kier alpha value is -3.93. The van der Waals surface area contributed by atoms with Gasteiger partial charge in [0.25, 0.3) is 0 Å². The van der Waals surface area contributed by atoms with E-state index in [1.165, 1.54) is 19.2 Å². The highest BCUT2D eigenvalue weighted by Gasteiger charge is 2.13. The van der Waals surface area contributed by atoms with Crippen LogP contribution in [0, 0.1) is 5.82 Å². The van der Waals surface area contributed by atoms with Crippen molar-refractivity contribution < 1.29 is 18.7 Å². The maximum absolute atomic E-state index is 13.2. The Bertz CT molecular complexity index is 1230. The maximum atomic E-state index is 13.2. The van der Waals surface area contributed by atoms with Crippen LogP contribution in [0.25, 0.3) is 10.9 Å². The third-order valence-corrected chi connectivity index (χ3v) is 5.08. The molecule has 1 N–H and O–H groups in total. The predicted octanol–water partition coefficient (Wildman–Crippen LogP) is 4.80. The van der Waals surface area contributed by atoms with Crippen molar-refractivity contribution in [3.05, 3.63) is 102 Å². The minimum atomic E-state index is -0.424. The van der Waals surface area contributed by atoms with Crippen LogP contribution in [0.5, 0.6) is 0 Å². The number of methoxy groups -OCH3 is 1. The highest BCUT2D eigenvalue weighted by Crippen LogP contribution is 2.23. The number of nitrogens with zero attached hydrogens (tertiary/aromatic N) is 1. The number of nitrogens with one attached hydrogen (secondary N) is 1. The van der Waals surface area contributed by atoms with Crippen LogP contribution in [0.2, 0.25) is 0 Å². The minimum Gasteiger partial charge on any atom is -0.465 e. The van der Waals surface area contributed by atoms with E-state index >= 15 is 0 Å². The van der Waals surface area contributed by atoms with Crippen LogP contribution in [-0.4, -0.2) is 23.6 Å². The molecule has 0 aliphatic carbocycles. The van der Waals surface area contributed by atoms with E-state index in [-0.39, 0.29) is 18.1 Å². The number of halogens is 1. The molecule has 0 aliphatic heterocycles. The molecule has 5 nitrogen and oxygen atoms in total. The molecule has 6 heteroatoms. The molecule has 1 amide bonds. The summed E-state index contributed by atoms with van der Waals surface area (Å²) >= 11 is 0. The molecule has 4 rings (SSSR count). The van der Waals surface area contributed by atoms with Gasteiger partial charge in [-0.2, -0.15) is 0 Å². The third kappa shape index (κ3) is 4.64. The SMILES string of the molecule is COC(=O)c1ccc(NC(=O)Cc2cn(Cc3ccc(F)cc3)c3ccccc23)cc1. The van der Waals surface area contributed by atoms with Gasteiger partial charge in [-0.05, 0) is 53.6 Å². The highest BCUT2D eigenvalue weighted by atomic mass is 19.1. The number of amides is 1. The smallest absolute Gasteiger partial charge is 0.337 e. The Morgan fingerprint density at radius 1 is 0.968 bits per heavy atom. The molecule has 0 atom stereocenters. The summed E-state index contributed by atoms with van der Waals surface area (Å²) in [6, 6.07) is 20.9. The van der Waals surface area contributed by atoms with Crippen molar-refractivity contribution in [2.75, 3.05) is 12.4 Å². The van der Waals surface area contributed by atoms with E-state index in [0.29, 0.717) is 17.8 Å². The lowest BCUT2D eigenvalue weighted by Gasteiger charge is -2.06. The number of ether oxygens (including phenoxy) is 1. The first-order valence-corrected chi connectivity index (χ1v) is 9.83. The number of carbonyl (C=O) groups excluding carboxylic acids is 2. The second-order valence-electron chi connectivity index (χ2n) is 7.22. The van der Waals surface area contributed by atoms with Crippen LogP contribution >= 0.6 is 0 Å². The molecule has 3 aromatic carbocycles. The highest BCUT2D eigenvalue weighted by molar-refractivity contribution is 5.96. The van der Waals surface area contributed by atoms with E-state index in [0.717, 1.165) is 22.0 Å². The van der Waals surface area contributed by atoms with Gasteiger partial charge in [-0.1, -0.05) is 30.3 Å². The number of hydrogen-bond acceptors (Lipinski definition) is 3. The summed E-state index contributed by atoms with van der Waals surface area (Å²) in [5, 5.41) is 3.86. The van der Waals surface area contributed by atoms with Gasteiger partial charge in [-0.15, -0.1) is 0 Å². The molecule has 0 bridgehead atoms. The molecular formula is C25H21FN2O3. The molecule has 156 valence electrons. The molecule has 0 fully saturated rings. The zero-order valence-electron chi connectivity index (χ0n) is 17.0. The fourth-order valence-electron chi connectivity index (χ4n) is 3.57. The Morgan fingerprint density at radius 3 is 2.39 bits per heavy atom. The molecule has 4 aromatic rings. The fraction of sp³-hybridized carbons (Fsp3) is 0.120. The van der Waals surface area contributed by atoms with Gasteiger partial charge in [-0.3, -0.25) is 4.79 Å². The van der Waals surface area contributed by atoms with Crippen molar-refractivity contribution >= 4 is 28.5 Å². The Balaban J connectivity index is 1.52. The molecule has 0 saturated carbocycles. The topological polar surface area (TPSA) is 60.3 Å². The summed E-state index contributed by atoms with van der Waals surface area (Å²) in [5.41, 5.74) is 3.92. The van der Waals surface area contributed by atoms with Gasteiger partial charge in [0.15, 0.2) is 0 Å². The summed E-state index contributed by atoms with van der Waals surface area (Å²) in [7, 11) is 1.32. The van der Waals surface area contributed by atoms with Crippen molar-refractivity contribution in [2.45, 2.75) is 13.0 Å². The third-order valence-electron chi connectivity index (χ3n) is 5.08. The zero-order chi connectivity index (χ0) is 21.8. The van der Waals surface area contributed by atoms with Crippen LogP contribution in [0.4, 0.5) is 10.1 Å². The van der Waals surface area contributed by atoms with Crippen molar-refractivity contribution in [3.8, 4) is 0 Å². The molecular weight excluding hydrogens is 395 g/mol. The molecule has 0 spiro atoms.